The number of rotatable bonds is 1. The summed E-state index contributed by atoms with van der Waals surface area (Å²) in [5.74, 6) is 0. The lowest BCUT2D eigenvalue weighted by Crippen LogP contribution is -1.95. The summed E-state index contributed by atoms with van der Waals surface area (Å²) < 4.78 is 0. The minimum absolute atomic E-state index is 0.450. The van der Waals surface area contributed by atoms with E-state index < -0.39 is 5.24 Å². The van der Waals surface area contributed by atoms with E-state index in [1.807, 2.05) is 6.08 Å². The summed E-state index contributed by atoms with van der Waals surface area (Å²) >= 11 is 11.2. The van der Waals surface area contributed by atoms with Crippen LogP contribution in [-0.2, 0) is 4.79 Å². The van der Waals surface area contributed by atoms with Gasteiger partial charge in [0.1, 0.15) is 0 Å². The minimum atomic E-state index is -0.450. The number of hydrogen-bond acceptors (Lipinski definition) is 1. The molecule has 1 rings (SSSR count). The zero-order valence-corrected chi connectivity index (χ0v) is 8.12. The van der Waals surface area contributed by atoms with E-state index in [4.69, 9.17) is 23.2 Å². The lowest BCUT2D eigenvalue weighted by atomic mass is 10.1. The maximum atomic E-state index is 10.9. The van der Waals surface area contributed by atoms with Gasteiger partial charge in [0, 0.05) is 10.6 Å². The van der Waals surface area contributed by atoms with Gasteiger partial charge in [0.05, 0.1) is 0 Å². The second kappa shape index (κ2) is 3.92. The zero-order chi connectivity index (χ0) is 9.14. The van der Waals surface area contributed by atoms with E-state index in [9.17, 15) is 4.79 Å². The average molecular weight is 203 g/mol. The van der Waals surface area contributed by atoms with E-state index in [2.05, 4.69) is 0 Å². The molecule has 0 saturated carbocycles. The standard InChI is InChI=1S/C9H8Cl2O/c1-6-7(9(11)12)4-2-3-5-8(6)10/h3-5H,2H2,1H3. The fourth-order valence-electron chi connectivity index (χ4n) is 0.992. The Kier molecular flexibility index (Phi) is 3.12. The summed E-state index contributed by atoms with van der Waals surface area (Å²) in [6, 6.07) is 0. The predicted molar refractivity (Wildman–Crippen MR) is 51.3 cm³/mol. The van der Waals surface area contributed by atoms with Crippen LogP contribution in [0.3, 0.4) is 0 Å². The molecule has 0 unspecified atom stereocenters. The van der Waals surface area contributed by atoms with Gasteiger partial charge in [-0.1, -0.05) is 23.8 Å². The van der Waals surface area contributed by atoms with Crippen molar-refractivity contribution in [2.24, 2.45) is 0 Å². The molecule has 0 radical (unpaired) electrons. The van der Waals surface area contributed by atoms with Crippen LogP contribution in [0.1, 0.15) is 13.3 Å². The van der Waals surface area contributed by atoms with E-state index in [1.54, 1.807) is 19.1 Å². The predicted octanol–water partition coefficient (Wildman–Crippen LogP) is 3.15. The van der Waals surface area contributed by atoms with Crippen LogP contribution < -0.4 is 0 Å². The first-order valence-corrected chi connectivity index (χ1v) is 4.32. The Balaban J connectivity index is 3.10. The Bertz CT molecular complexity index is 298. The third kappa shape index (κ3) is 1.99. The molecule has 0 spiro atoms. The van der Waals surface area contributed by atoms with Crippen molar-refractivity contribution in [3.05, 3.63) is 34.4 Å². The van der Waals surface area contributed by atoms with Crippen LogP contribution in [0.5, 0.6) is 0 Å². The number of hydrogen-bond donors (Lipinski definition) is 0. The fraction of sp³-hybridized carbons (Fsp3) is 0.222. The van der Waals surface area contributed by atoms with Crippen LogP contribution in [0.2, 0.25) is 0 Å². The monoisotopic (exact) mass is 202 g/mol. The molecule has 0 heterocycles. The molecule has 0 aromatic heterocycles. The highest BCUT2D eigenvalue weighted by Crippen LogP contribution is 2.23. The number of allylic oxidation sites excluding steroid dienone is 6. The van der Waals surface area contributed by atoms with Crippen molar-refractivity contribution in [3.63, 3.8) is 0 Å². The normalized spacial score (nSPS) is 17.4. The molecule has 0 aliphatic heterocycles. The van der Waals surface area contributed by atoms with Crippen LogP contribution >= 0.6 is 23.2 Å². The van der Waals surface area contributed by atoms with Crippen molar-refractivity contribution >= 4 is 28.4 Å². The molecular formula is C9H8Cl2O. The number of carbonyl (C=O) groups is 1. The van der Waals surface area contributed by atoms with Crippen molar-refractivity contribution < 1.29 is 4.79 Å². The van der Waals surface area contributed by atoms with Gasteiger partial charge in [0.15, 0.2) is 0 Å². The molecule has 0 fully saturated rings. The molecule has 0 aromatic rings. The highest BCUT2D eigenvalue weighted by molar-refractivity contribution is 6.68. The Hall–Kier alpha value is -0.530. The van der Waals surface area contributed by atoms with Crippen LogP contribution in [0.15, 0.2) is 34.4 Å². The first-order chi connectivity index (χ1) is 5.63. The van der Waals surface area contributed by atoms with Gasteiger partial charge in [-0.3, -0.25) is 4.79 Å². The second-order valence-corrected chi connectivity index (χ2v) is 3.25. The minimum Gasteiger partial charge on any atom is -0.276 e. The molecule has 1 aliphatic rings. The Labute approximate surface area is 81.4 Å². The van der Waals surface area contributed by atoms with E-state index in [1.165, 1.54) is 0 Å². The highest BCUT2D eigenvalue weighted by Gasteiger charge is 2.11. The Morgan fingerprint density at radius 1 is 1.58 bits per heavy atom. The average Bonchev–Trinajstić information content (AvgIpc) is 2.15. The van der Waals surface area contributed by atoms with Gasteiger partial charge in [-0.15, -0.1) is 0 Å². The molecule has 12 heavy (non-hydrogen) atoms. The molecule has 3 heteroatoms. The molecule has 0 atom stereocenters. The first-order valence-electron chi connectivity index (χ1n) is 3.56. The van der Waals surface area contributed by atoms with Crippen molar-refractivity contribution in [1.29, 1.82) is 0 Å². The van der Waals surface area contributed by atoms with Gasteiger partial charge >= 0.3 is 0 Å². The van der Waals surface area contributed by atoms with Crippen molar-refractivity contribution in [1.82, 2.24) is 0 Å². The van der Waals surface area contributed by atoms with Gasteiger partial charge in [-0.2, -0.15) is 0 Å². The summed E-state index contributed by atoms with van der Waals surface area (Å²) in [6.45, 7) is 1.78. The SMILES string of the molecule is CC1=C(Cl)C=CCC=C1C(=O)Cl. The summed E-state index contributed by atoms with van der Waals surface area (Å²) in [6.07, 6.45) is 6.14. The number of carbonyl (C=O) groups excluding carboxylic acids is 1. The summed E-state index contributed by atoms with van der Waals surface area (Å²) in [5, 5.41) is 0.127. The van der Waals surface area contributed by atoms with Gasteiger partial charge in [-0.05, 0) is 36.6 Å². The third-order valence-corrected chi connectivity index (χ3v) is 2.31. The number of halogens is 2. The molecule has 0 bridgehead atoms. The van der Waals surface area contributed by atoms with E-state index in [-0.39, 0.29) is 0 Å². The molecular weight excluding hydrogens is 195 g/mol. The first kappa shape index (κ1) is 9.56. The molecule has 1 nitrogen and oxygen atoms in total. The maximum Gasteiger partial charge on any atom is 0.252 e. The molecule has 64 valence electrons. The maximum absolute atomic E-state index is 10.9. The molecule has 0 N–H and O–H groups in total. The van der Waals surface area contributed by atoms with E-state index in [0.29, 0.717) is 17.0 Å². The Morgan fingerprint density at radius 3 is 2.83 bits per heavy atom. The molecule has 0 aromatic carbocycles. The van der Waals surface area contributed by atoms with Crippen molar-refractivity contribution in [2.45, 2.75) is 13.3 Å². The van der Waals surface area contributed by atoms with Crippen LogP contribution in [0.4, 0.5) is 0 Å². The van der Waals surface area contributed by atoms with Crippen LogP contribution in [0.25, 0.3) is 0 Å². The lowest BCUT2D eigenvalue weighted by molar-refractivity contribution is -0.108. The quantitative estimate of drug-likeness (QED) is 0.598. The zero-order valence-electron chi connectivity index (χ0n) is 6.60. The van der Waals surface area contributed by atoms with Crippen LogP contribution in [-0.4, -0.2) is 5.24 Å². The van der Waals surface area contributed by atoms with E-state index in [0.717, 1.165) is 5.57 Å². The van der Waals surface area contributed by atoms with Gasteiger partial charge in [0.25, 0.3) is 5.24 Å². The topological polar surface area (TPSA) is 17.1 Å². The Morgan fingerprint density at radius 2 is 2.25 bits per heavy atom. The third-order valence-electron chi connectivity index (χ3n) is 1.70. The van der Waals surface area contributed by atoms with Crippen LogP contribution in [0, 0.1) is 0 Å². The summed E-state index contributed by atoms with van der Waals surface area (Å²) in [5.41, 5.74) is 1.25. The second-order valence-electron chi connectivity index (χ2n) is 2.50. The van der Waals surface area contributed by atoms with Gasteiger partial charge in [0.2, 0.25) is 0 Å². The lowest BCUT2D eigenvalue weighted by Gasteiger charge is -2.01. The van der Waals surface area contributed by atoms with Crippen molar-refractivity contribution in [2.75, 3.05) is 0 Å². The van der Waals surface area contributed by atoms with E-state index >= 15 is 0 Å². The summed E-state index contributed by atoms with van der Waals surface area (Å²) in [4.78, 5) is 10.9. The molecule has 0 amide bonds. The smallest absolute Gasteiger partial charge is 0.252 e. The van der Waals surface area contributed by atoms with Gasteiger partial charge < -0.3 is 0 Å². The molecule has 1 aliphatic carbocycles. The largest absolute Gasteiger partial charge is 0.276 e. The van der Waals surface area contributed by atoms with Gasteiger partial charge in [-0.25, -0.2) is 0 Å². The van der Waals surface area contributed by atoms with Crippen molar-refractivity contribution in [3.8, 4) is 0 Å². The highest BCUT2D eigenvalue weighted by atomic mass is 35.5. The molecule has 0 saturated heterocycles. The summed E-state index contributed by atoms with van der Waals surface area (Å²) in [7, 11) is 0. The fourth-order valence-corrected chi connectivity index (χ4v) is 1.40.